The molecular weight excluding hydrogens is 872 g/mol. The first kappa shape index (κ1) is 47.9. The van der Waals surface area contributed by atoms with Gasteiger partial charge in [0.2, 0.25) is 0 Å². The van der Waals surface area contributed by atoms with Gasteiger partial charge >= 0.3 is 0 Å². The first-order valence-corrected chi connectivity index (χ1v) is 22.6. The molecule has 0 radical (unpaired) electrons. The molecule has 0 fully saturated rings. The molecule has 0 spiro atoms. The lowest BCUT2D eigenvalue weighted by atomic mass is 9.87. The van der Waals surface area contributed by atoms with Gasteiger partial charge in [-0.2, -0.15) is 0 Å². The molecule has 6 aromatic rings. The van der Waals surface area contributed by atoms with Gasteiger partial charge < -0.3 is 20.9 Å². The summed E-state index contributed by atoms with van der Waals surface area (Å²) in [6.45, 7) is 28.5. The minimum atomic E-state index is -0.0838. The zero-order valence-electron chi connectivity index (χ0n) is 37.8. The van der Waals surface area contributed by atoms with E-state index in [1.807, 2.05) is 101 Å². The third-order valence-corrected chi connectivity index (χ3v) is 10.6. The maximum absolute atomic E-state index is 5.00. The van der Waals surface area contributed by atoms with Crippen LogP contribution in [0.5, 0.6) is 0 Å². The molecule has 8 nitrogen and oxygen atoms in total. The number of anilines is 8. The van der Waals surface area contributed by atoms with Crippen LogP contribution < -0.4 is 20.9 Å². The second-order valence-electron chi connectivity index (χ2n) is 16.8. The summed E-state index contributed by atoms with van der Waals surface area (Å²) in [5, 5.41) is 10.4. The second-order valence-corrected chi connectivity index (χ2v) is 18.6. The van der Waals surface area contributed by atoms with Crippen molar-refractivity contribution in [1.82, 2.24) is 19.9 Å². The van der Waals surface area contributed by atoms with Gasteiger partial charge in [0.15, 0.2) is 23.3 Å². The maximum atomic E-state index is 5.00. The fraction of sp³-hybridized carbons (Fsp3) is 0.360. The van der Waals surface area contributed by atoms with E-state index in [0.717, 1.165) is 67.8 Å². The normalized spacial score (nSPS) is 12.7. The Labute approximate surface area is 376 Å². The Morgan fingerprint density at radius 3 is 1.67 bits per heavy atom. The number of aromatic nitrogens is 4. The summed E-state index contributed by atoms with van der Waals surface area (Å²) in [5.41, 5.74) is 8.52. The van der Waals surface area contributed by atoms with E-state index in [0.29, 0.717) is 5.82 Å². The molecule has 0 aliphatic carbocycles. The van der Waals surface area contributed by atoms with Gasteiger partial charge in [-0.25, -0.2) is 19.9 Å². The summed E-state index contributed by atoms with van der Waals surface area (Å²) in [6, 6.07) is 32.9. The first-order valence-electron chi connectivity index (χ1n) is 21.0. The van der Waals surface area contributed by atoms with Gasteiger partial charge in [0, 0.05) is 54.5 Å². The molecule has 60 heavy (non-hydrogen) atoms. The number of hydrogen-bond acceptors (Lipinski definition) is 8. The zero-order valence-corrected chi connectivity index (χ0v) is 41.0. The Bertz CT molecular complexity index is 2280. The van der Waals surface area contributed by atoms with Crippen LogP contribution >= 0.6 is 31.9 Å². The Morgan fingerprint density at radius 1 is 0.617 bits per heavy atom. The highest BCUT2D eigenvalue weighted by molar-refractivity contribution is 9.10. The van der Waals surface area contributed by atoms with Gasteiger partial charge in [-0.05, 0) is 66.1 Å². The van der Waals surface area contributed by atoms with Crippen molar-refractivity contribution in [1.29, 1.82) is 0 Å². The number of nitrogens with zero attached hydrogens (tertiary/aromatic N) is 5. The number of benzene rings is 4. The number of hydrogen-bond donors (Lipinski definition) is 3. The molecule has 3 heterocycles. The number of fused-ring (bicyclic) bond motifs is 1. The molecule has 1 aliphatic rings. The molecule has 0 saturated carbocycles. The molecule has 2 aromatic heterocycles. The van der Waals surface area contributed by atoms with Gasteiger partial charge in [-0.3, -0.25) is 0 Å². The summed E-state index contributed by atoms with van der Waals surface area (Å²) in [6.07, 6.45) is 4.69. The highest BCUT2D eigenvalue weighted by Crippen LogP contribution is 2.46. The summed E-state index contributed by atoms with van der Waals surface area (Å²) in [4.78, 5) is 21.7. The third-order valence-electron chi connectivity index (χ3n) is 9.63. The van der Waals surface area contributed by atoms with E-state index in [1.165, 1.54) is 16.8 Å². The smallest absolute Gasteiger partial charge is 0.176 e. The van der Waals surface area contributed by atoms with Crippen molar-refractivity contribution in [3.05, 3.63) is 141 Å². The Kier molecular flexibility index (Phi) is 16.9. The van der Waals surface area contributed by atoms with Gasteiger partial charge in [0.25, 0.3) is 0 Å². The minimum absolute atomic E-state index is 0.0322. The van der Waals surface area contributed by atoms with Crippen molar-refractivity contribution in [2.24, 2.45) is 0 Å². The lowest BCUT2D eigenvalue weighted by Crippen LogP contribution is -2.27. The SMILES string of the molecule is CC.CC.CC(C)(C)c1cnc(N2CC(C)(C)c3ccc(Br)cc32)c(Nc2ccccc2)n1.CCc1ccc(Br)cc1Nc1nc(C(C)(C)C)cnc1Nc1ccccc1. The van der Waals surface area contributed by atoms with Gasteiger partial charge in [-0.15, -0.1) is 0 Å². The topological polar surface area (TPSA) is 90.9 Å². The van der Waals surface area contributed by atoms with E-state index in [9.17, 15) is 0 Å². The first-order chi connectivity index (χ1) is 28.5. The molecule has 0 saturated heterocycles. The lowest BCUT2D eigenvalue weighted by Gasteiger charge is -2.26. The number of halogens is 2. The maximum Gasteiger partial charge on any atom is 0.176 e. The van der Waals surface area contributed by atoms with Crippen LogP contribution in [0, 0.1) is 0 Å². The van der Waals surface area contributed by atoms with E-state index >= 15 is 0 Å². The molecule has 318 valence electrons. The van der Waals surface area contributed by atoms with Crippen LogP contribution in [0.15, 0.2) is 118 Å². The van der Waals surface area contributed by atoms with Crippen LogP contribution in [0.1, 0.15) is 113 Å². The predicted octanol–water partition coefficient (Wildman–Crippen LogP) is 15.3. The average molecular weight is 937 g/mol. The lowest BCUT2D eigenvalue weighted by molar-refractivity contribution is 0.560. The van der Waals surface area contributed by atoms with Crippen molar-refractivity contribution < 1.29 is 0 Å². The fourth-order valence-corrected chi connectivity index (χ4v) is 7.14. The van der Waals surface area contributed by atoms with Crippen molar-refractivity contribution in [3.8, 4) is 0 Å². The molecule has 3 N–H and O–H groups in total. The third kappa shape index (κ3) is 12.4. The van der Waals surface area contributed by atoms with Crippen LogP contribution in [-0.4, -0.2) is 26.5 Å². The van der Waals surface area contributed by atoms with E-state index in [2.05, 4.69) is 156 Å². The number of para-hydroxylation sites is 2. The molecule has 10 heteroatoms. The molecule has 0 unspecified atom stereocenters. The summed E-state index contributed by atoms with van der Waals surface area (Å²) in [7, 11) is 0. The van der Waals surface area contributed by atoms with Crippen molar-refractivity contribution in [2.45, 2.75) is 113 Å². The van der Waals surface area contributed by atoms with Crippen molar-refractivity contribution in [2.75, 3.05) is 27.4 Å². The summed E-state index contributed by atoms with van der Waals surface area (Å²) < 4.78 is 2.09. The van der Waals surface area contributed by atoms with Gasteiger partial charge in [0.05, 0.1) is 23.8 Å². The molecule has 0 atom stereocenters. The molecular formula is C50H64Br2N8. The van der Waals surface area contributed by atoms with Crippen LogP contribution in [0.25, 0.3) is 0 Å². The Balaban J connectivity index is 0.000000245. The van der Waals surface area contributed by atoms with E-state index in [-0.39, 0.29) is 16.2 Å². The minimum Gasteiger partial charge on any atom is -0.337 e. The summed E-state index contributed by atoms with van der Waals surface area (Å²) >= 11 is 7.20. The number of nitrogens with one attached hydrogen (secondary N) is 3. The largest absolute Gasteiger partial charge is 0.337 e. The molecule has 0 bridgehead atoms. The number of aryl methyl sites for hydroxylation is 1. The molecule has 1 aliphatic heterocycles. The average Bonchev–Trinajstić information content (AvgIpc) is 3.49. The highest BCUT2D eigenvalue weighted by atomic mass is 79.9. The van der Waals surface area contributed by atoms with Crippen LogP contribution in [0.4, 0.5) is 46.0 Å². The van der Waals surface area contributed by atoms with E-state index in [4.69, 9.17) is 15.0 Å². The quantitative estimate of drug-likeness (QED) is 0.139. The Morgan fingerprint density at radius 2 is 1.12 bits per heavy atom. The van der Waals surface area contributed by atoms with Gasteiger partial charge in [0.1, 0.15) is 0 Å². The predicted molar refractivity (Wildman–Crippen MR) is 265 cm³/mol. The van der Waals surface area contributed by atoms with E-state index in [1.54, 1.807) is 0 Å². The standard InChI is InChI=1S/C24H27BrN4.C22H25BrN4.2C2H6/c1-23(2,3)20-14-26-22(21(28-20)27-17-9-7-6-8-10-17)29-15-24(4,5)18-12-11-16(25)13-19(18)29;1-5-15-11-12-16(23)13-18(15)26-21-20(25-17-9-7-6-8-10-17)24-14-19(27-21)22(2,3)4;2*1-2/h6-14H,15H2,1-5H3,(H,27,28);6-14H,5H2,1-4H3,(H,24,25)(H,26,27);2*1-2H3. The second kappa shape index (κ2) is 21.1. The zero-order chi connectivity index (χ0) is 44.3. The molecule has 4 aromatic carbocycles. The van der Waals surface area contributed by atoms with Crippen LogP contribution in [0.3, 0.4) is 0 Å². The van der Waals surface area contributed by atoms with Crippen molar-refractivity contribution >= 4 is 77.9 Å². The Hall–Kier alpha value is -4.80. The monoisotopic (exact) mass is 934 g/mol. The molecule has 7 rings (SSSR count). The van der Waals surface area contributed by atoms with Crippen LogP contribution in [-0.2, 0) is 22.7 Å². The highest BCUT2D eigenvalue weighted by Gasteiger charge is 2.38. The van der Waals surface area contributed by atoms with Gasteiger partial charge in [-0.1, -0.05) is 170 Å². The fourth-order valence-electron chi connectivity index (χ4n) is 6.43. The molecule has 0 amide bonds. The summed E-state index contributed by atoms with van der Waals surface area (Å²) in [5.74, 6) is 3.06. The van der Waals surface area contributed by atoms with Crippen molar-refractivity contribution in [3.63, 3.8) is 0 Å². The van der Waals surface area contributed by atoms with Crippen LogP contribution in [0.2, 0.25) is 0 Å². The van der Waals surface area contributed by atoms with E-state index < -0.39 is 0 Å². The number of rotatable bonds is 8.